The van der Waals surface area contributed by atoms with Gasteiger partial charge < -0.3 is 11.5 Å². The van der Waals surface area contributed by atoms with Crippen LogP contribution >= 0.6 is 0 Å². The Balaban J connectivity index is 0. The third kappa shape index (κ3) is 14.3. The molecule has 0 aromatic heterocycles. The zero-order valence-corrected chi connectivity index (χ0v) is 15.0. The van der Waals surface area contributed by atoms with Crippen LogP contribution in [0.4, 0.5) is 0 Å². The average molecular weight is 288 g/mol. The molecule has 4 N–H and O–H groups in total. The summed E-state index contributed by atoms with van der Waals surface area (Å²) in [7, 11) is 0. The molecule has 20 heavy (non-hydrogen) atoms. The van der Waals surface area contributed by atoms with Gasteiger partial charge in [-0.1, -0.05) is 25.7 Å². The fourth-order valence-electron chi connectivity index (χ4n) is 2.78. The normalized spacial score (nSPS) is 11.4. The van der Waals surface area contributed by atoms with Crippen molar-refractivity contribution in [3.8, 4) is 0 Å². The van der Waals surface area contributed by atoms with E-state index in [9.17, 15) is 0 Å². The smallest absolute Gasteiger partial charge is 0.00439 e. The van der Waals surface area contributed by atoms with Crippen LogP contribution in [0.5, 0.6) is 0 Å². The molecule has 0 aliphatic carbocycles. The number of nitrogens with zero attached hydrogens (tertiary/aromatic N) is 1. The molecule has 0 aliphatic rings. The Morgan fingerprint density at radius 2 is 0.800 bits per heavy atom. The first-order valence-corrected chi connectivity index (χ1v) is 8.56. The standard InChI is InChI=1S/C9H21N.C8H20N2/c1-7(2)10(8(3)4)9(5)6;9-7-5-3-1-2-4-6-8-10/h7-9H,1-6H3;1-10H2. The van der Waals surface area contributed by atoms with Crippen molar-refractivity contribution in [1.82, 2.24) is 4.90 Å². The molecule has 0 bridgehead atoms. The van der Waals surface area contributed by atoms with E-state index in [0.29, 0.717) is 18.1 Å². The highest BCUT2D eigenvalue weighted by Crippen LogP contribution is 2.09. The first kappa shape index (κ1) is 22.2. The van der Waals surface area contributed by atoms with Crippen molar-refractivity contribution in [3.05, 3.63) is 0 Å². The van der Waals surface area contributed by atoms with E-state index >= 15 is 0 Å². The zero-order chi connectivity index (χ0) is 16.0. The molecule has 0 rings (SSSR count). The van der Waals surface area contributed by atoms with Gasteiger partial charge in [-0.25, -0.2) is 0 Å². The van der Waals surface area contributed by atoms with Gasteiger partial charge in [0, 0.05) is 18.1 Å². The van der Waals surface area contributed by atoms with Crippen molar-refractivity contribution < 1.29 is 0 Å². The first-order valence-electron chi connectivity index (χ1n) is 8.56. The molecule has 3 nitrogen and oxygen atoms in total. The van der Waals surface area contributed by atoms with Gasteiger partial charge in [0.15, 0.2) is 0 Å². The highest BCUT2D eigenvalue weighted by atomic mass is 15.2. The number of hydrogen-bond donors (Lipinski definition) is 2. The maximum atomic E-state index is 5.35. The van der Waals surface area contributed by atoms with Gasteiger partial charge in [0.25, 0.3) is 0 Å². The van der Waals surface area contributed by atoms with Gasteiger partial charge in [0.1, 0.15) is 0 Å². The Kier molecular flexibility index (Phi) is 16.9. The Morgan fingerprint density at radius 3 is 0.950 bits per heavy atom. The van der Waals surface area contributed by atoms with Crippen molar-refractivity contribution in [1.29, 1.82) is 0 Å². The van der Waals surface area contributed by atoms with Crippen molar-refractivity contribution in [2.75, 3.05) is 13.1 Å². The molecule has 0 spiro atoms. The highest BCUT2D eigenvalue weighted by Gasteiger charge is 2.15. The molecule has 124 valence electrons. The molecule has 0 aromatic rings. The zero-order valence-electron chi connectivity index (χ0n) is 15.0. The summed E-state index contributed by atoms with van der Waals surface area (Å²) in [4.78, 5) is 2.50. The summed E-state index contributed by atoms with van der Waals surface area (Å²) in [5, 5.41) is 0. The number of hydrogen-bond acceptors (Lipinski definition) is 3. The van der Waals surface area contributed by atoms with Gasteiger partial charge in [0.2, 0.25) is 0 Å². The Labute approximate surface area is 128 Å². The Morgan fingerprint density at radius 1 is 0.550 bits per heavy atom. The van der Waals surface area contributed by atoms with Crippen LogP contribution in [0.3, 0.4) is 0 Å². The quantitative estimate of drug-likeness (QED) is 0.602. The van der Waals surface area contributed by atoms with E-state index in [4.69, 9.17) is 11.5 Å². The number of rotatable bonds is 10. The number of nitrogens with two attached hydrogens (primary N) is 2. The van der Waals surface area contributed by atoms with Crippen LogP contribution in [0, 0.1) is 0 Å². The minimum Gasteiger partial charge on any atom is -0.330 e. The van der Waals surface area contributed by atoms with Crippen molar-refractivity contribution in [2.45, 2.75) is 98.2 Å². The van der Waals surface area contributed by atoms with E-state index in [1.54, 1.807) is 0 Å². The maximum Gasteiger partial charge on any atom is 0.00439 e. The summed E-state index contributed by atoms with van der Waals surface area (Å²) in [5.74, 6) is 0. The topological polar surface area (TPSA) is 55.3 Å². The molecule has 0 radical (unpaired) electrons. The molecule has 0 unspecified atom stereocenters. The molecule has 0 aliphatic heterocycles. The minimum atomic E-state index is 0.667. The largest absolute Gasteiger partial charge is 0.330 e. The van der Waals surface area contributed by atoms with E-state index in [1.165, 1.54) is 38.5 Å². The maximum absolute atomic E-state index is 5.35. The SMILES string of the molecule is CC(C)N(C(C)C)C(C)C.NCCCCCCCCN. The van der Waals surface area contributed by atoms with Crippen LogP contribution < -0.4 is 11.5 Å². The first-order chi connectivity index (χ1) is 9.38. The van der Waals surface area contributed by atoms with Crippen LogP contribution in [-0.2, 0) is 0 Å². The van der Waals surface area contributed by atoms with Crippen LogP contribution in [0.1, 0.15) is 80.1 Å². The van der Waals surface area contributed by atoms with Gasteiger partial charge in [-0.05, 0) is 67.5 Å². The third-order valence-corrected chi connectivity index (χ3v) is 3.45. The van der Waals surface area contributed by atoms with Crippen LogP contribution in [0.2, 0.25) is 0 Å². The van der Waals surface area contributed by atoms with Gasteiger partial charge in [-0.15, -0.1) is 0 Å². The summed E-state index contributed by atoms with van der Waals surface area (Å²) < 4.78 is 0. The molecule has 0 aromatic carbocycles. The molecule has 0 atom stereocenters. The molecule has 0 amide bonds. The predicted molar refractivity (Wildman–Crippen MR) is 93.1 cm³/mol. The van der Waals surface area contributed by atoms with Crippen LogP contribution in [0.25, 0.3) is 0 Å². The molecule has 0 heterocycles. The van der Waals surface area contributed by atoms with Gasteiger partial charge in [-0.2, -0.15) is 0 Å². The molecular weight excluding hydrogens is 246 g/mol. The Bertz CT molecular complexity index is 152. The molecule has 0 saturated carbocycles. The van der Waals surface area contributed by atoms with Gasteiger partial charge >= 0.3 is 0 Å². The van der Waals surface area contributed by atoms with Gasteiger partial charge in [0.05, 0.1) is 0 Å². The summed E-state index contributed by atoms with van der Waals surface area (Å²) >= 11 is 0. The summed E-state index contributed by atoms with van der Waals surface area (Å²) in [6.07, 6.45) is 7.61. The fourth-order valence-corrected chi connectivity index (χ4v) is 2.78. The summed E-state index contributed by atoms with van der Waals surface area (Å²) in [6, 6.07) is 2.00. The van der Waals surface area contributed by atoms with Crippen LogP contribution in [-0.4, -0.2) is 36.1 Å². The lowest BCUT2D eigenvalue weighted by Gasteiger charge is -2.34. The second-order valence-corrected chi connectivity index (χ2v) is 6.43. The Hall–Kier alpha value is -0.120. The minimum absolute atomic E-state index is 0.667. The van der Waals surface area contributed by atoms with Crippen molar-refractivity contribution >= 4 is 0 Å². The van der Waals surface area contributed by atoms with E-state index in [2.05, 4.69) is 46.4 Å². The third-order valence-electron chi connectivity index (χ3n) is 3.45. The fraction of sp³-hybridized carbons (Fsp3) is 1.00. The lowest BCUT2D eigenvalue weighted by atomic mass is 10.1. The van der Waals surface area contributed by atoms with E-state index < -0.39 is 0 Å². The lowest BCUT2D eigenvalue weighted by Crippen LogP contribution is -2.42. The summed E-state index contributed by atoms with van der Waals surface area (Å²) in [5.41, 5.74) is 10.7. The molecule has 0 fully saturated rings. The second kappa shape index (κ2) is 15.3. The predicted octanol–water partition coefficient (Wildman–Crippen LogP) is 3.76. The molecular formula is C17H41N3. The second-order valence-electron chi connectivity index (χ2n) is 6.43. The molecule has 3 heteroatoms. The van der Waals surface area contributed by atoms with Crippen molar-refractivity contribution in [3.63, 3.8) is 0 Å². The van der Waals surface area contributed by atoms with Gasteiger partial charge in [-0.3, -0.25) is 4.90 Å². The lowest BCUT2D eigenvalue weighted by molar-refractivity contribution is 0.133. The summed E-state index contributed by atoms with van der Waals surface area (Å²) in [6.45, 7) is 15.2. The molecule has 0 saturated heterocycles. The van der Waals surface area contributed by atoms with Crippen LogP contribution in [0.15, 0.2) is 0 Å². The van der Waals surface area contributed by atoms with E-state index in [-0.39, 0.29) is 0 Å². The van der Waals surface area contributed by atoms with E-state index in [1.807, 2.05) is 0 Å². The van der Waals surface area contributed by atoms with E-state index in [0.717, 1.165) is 13.1 Å². The van der Waals surface area contributed by atoms with Crippen molar-refractivity contribution in [2.24, 2.45) is 11.5 Å². The number of unbranched alkanes of at least 4 members (excludes halogenated alkanes) is 5. The highest BCUT2D eigenvalue weighted by molar-refractivity contribution is 4.70. The monoisotopic (exact) mass is 287 g/mol. The average Bonchev–Trinajstić information content (AvgIpc) is 2.33.